The summed E-state index contributed by atoms with van der Waals surface area (Å²) in [6.45, 7) is 1.36. The highest BCUT2D eigenvalue weighted by Crippen LogP contribution is 2.54. The van der Waals surface area contributed by atoms with Gasteiger partial charge in [-0.3, -0.25) is 4.79 Å². The SMILES string of the molecule is C[C@H](O)[C@H](O)[C@@]1(O)[C@@H]2CC[C@H]1C[C@H](S(=O)(=O)c1cc(C(=O)Nc3cc(F)c(F)c(F)c3)ccc1Cl)C2. The Balaban J connectivity index is 1.59. The lowest BCUT2D eigenvalue weighted by Gasteiger charge is -2.46. The number of amides is 1. The third kappa shape index (κ3) is 4.51. The molecule has 2 saturated carbocycles. The van der Waals surface area contributed by atoms with Crippen molar-refractivity contribution in [2.45, 2.75) is 60.6 Å². The molecule has 4 N–H and O–H groups in total. The summed E-state index contributed by atoms with van der Waals surface area (Å²) in [5.74, 6) is -6.72. The molecule has 2 aromatic carbocycles. The van der Waals surface area contributed by atoms with E-state index in [0.717, 1.165) is 6.07 Å². The Morgan fingerprint density at radius 3 is 2.17 bits per heavy atom. The van der Waals surface area contributed by atoms with Crippen molar-refractivity contribution in [1.82, 2.24) is 0 Å². The van der Waals surface area contributed by atoms with Crippen LogP contribution in [0.3, 0.4) is 0 Å². The monoisotopic (exact) mass is 547 g/mol. The Morgan fingerprint density at radius 1 is 1.08 bits per heavy atom. The lowest BCUT2D eigenvalue weighted by atomic mass is 9.70. The smallest absolute Gasteiger partial charge is 0.255 e. The molecule has 12 heteroatoms. The largest absolute Gasteiger partial charge is 0.391 e. The predicted octanol–water partition coefficient (Wildman–Crippen LogP) is 3.44. The summed E-state index contributed by atoms with van der Waals surface area (Å²) in [7, 11) is -4.10. The van der Waals surface area contributed by atoms with Crippen LogP contribution in [0.5, 0.6) is 0 Å². The van der Waals surface area contributed by atoms with Crippen LogP contribution in [0.25, 0.3) is 0 Å². The minimum atomic E-state index is -4.10. The van der Waals surface area contributed by atoms with Gasteiger partial charge in [0.25, 0.3) is 5.91 Å². The molecule has 0 unspecified atom stereocenters. The molecule has 36 heavy (non-hydrogen) atoms. The van der Waals surface area contributed by atoms with Crippen molar-refractivity contribution in [2.24, 2.45) is 11.8 Å². The number of carbonyl (C=O) groups excluding carboxylic acids is 1. The molecule has 0 radical (unpaired) electrons. The van der Waals surface area contributed by atoms with Crippen LogP contribution in [0, 0.1) is 29.3 Å². The highest BCUT2D eigenvalue weighted by molar-refractivity contribution is 7.92. The van der Waals surface area contributed by atoms with Crippen molar-refractivity contribution in [1.29, 1.82) is 0 Å². The van der Waals surface area contributed by atoms with Gasteiger partial charge in [-0.05, 0) is 62.6 Å². The molecule has 0 saturated heterocycles. The summed E-state index contributed by atoms with van der Waals surface area (Å²) < 4.78 is 67.2. The number of hydrogen-bond acceptors (Lipinski definition) is 6. The number of anilines is 1. The highest BCUT2D eigenvalue weighted by atomic mass is 35.5. The van der Waals surface area contributed by atoms with Crippen molar-refractivity contribution >= 4 is 33.0 Å². The summed E-state index contributed by atoms with van der Waals surface area (Å²) in [6.07, 6.45) is -1.59. The maximum absolute atomic E-state index is 13.6. The van der Waals surface area contributed by atoms with Crippen molar-refractivity contribution < 1.29 is 41.7 Å². The van der Waals surface area contributed by atoms with E-state index in [1.165, 1.54) is 19.1 Å². The number of nitrogens with one attached hydrogen (secondary N) is 1. The number of hydrogen-bond donors (Lipinski definition) is 4. The molecule has 2 aliphatic carbocycles. The molecule has 2 bridgehead atoms. The zero-order valence-corrected chi connectivity index (χ0v) is 20.7. The zero-order valence-electron chi connectivity index (χ0n) is 19.1. The van der Waals surface area contributed by atoms with E-state index in [4.69, 9.17) is 11.6 Å². The Hall–Kier alpha value is -2.18. The van der Waals surface area contributed by atoms with E-state index in [1.807, 2.05) is 0 Å². The van der Waals surface area contributed by atoms with Gasteiger partial charge in [0, 0.05) is 23.4 Å². The van der Waals surface area contributed by atoms with Gasteiger partial charge in [-0.2, -0.15) is 0 Å². The zero-order chi connectivity index (χ0) is 26.6. The summed E-state index contributed by atoms with van der Waals surface area (Å²) in [6, 6.07) is 4.67. The minimum absolute atomic E-state index is 0.0278. The average molecular weight is 548 g/mol. The molecule has 0 aromatic heterocycles. The molecule has 0 spiro atoms. The van der Waals surface area contributed by atoms with Crippen LogP contribution in [0.4, 0.5) is 18.9 Å². The standard InChI is InChI=1S/C24H25ClF3NO6S/c1-11(30)22(31)24(33)13-3-4-14(24)8-16(7-13)36(34,35)20-6-12(2-5-17(20)25)23(32)29-15-9-18(26)21(28)19(27)10-15/h2,5-6,9-11,13-14,16,22,30-31,33H,3-4,7-8H2,1H3,(H,29,32)/t11-,13-,14+,16-,22-,24-/m0/s1. The van der Waals surface area contributed by atoms with Gasteiger partial charge in [0.2, 0.25) is 0 Å². The van der Waals surface area contributed by atoms with Crippen molar-refractivity contribution in [3.63, 3.8) is 0 Å². The van der Waals surface area contributed by atoms with Crippen LogP contribution in [-0.2, 0) is 9.84 Å². The van der Waals surface area contributed by atoms with Crippen LogP contribution >= 0.6 is 11.6 Å². The third-order valence-electron chi connectivity index (χ3n) is 7.38. The number of halogens is 4. The molecular weight excluding hydrogens is 523 g/mol. The van der Waals surface area contributed by atoms with Crippen molar-refractivity contribution in [3.05, 3.63) is 58.4 Å². The van der Waals surface area contributed by atoms with E-state index in [2.05, 4.69) is 5.32 Å². The van der Waals surface area contributed by atoms with E-state index < -0.39 is 68.1 Å². The number of sulfone groups is 1. The normalized spacial score (nSPS) is 27.5. The summed E-state index contributed by atoms with van der Waals surface area (Å²) in [5.41, 5.74) is -2.13. The third-order valence-corrected chi connectivity index (χ3v) is 10.0. The average Bonchev–Trinajstić information content (AvgIpc) is 2.98. The molecule has 1 amide bonds. The summed E-state index contributed by atoms with van der Waals surface area (Å²) >= 11 is 6.19. The molecule has 2 fully saturated rings. The Bertz CT molecular complexity index is 1270. The number of benzene rings is 2. The number of rotatable bonds is 6. The summed E-state index contributed by atoms with van der Waals surface area (Å²) in [5, 5.41) is 32.5. The minimum Gasteiger partial charge on any atom is -0.391 e. The molecule has 4 rings (SSSR count). The second-order valence-corrected chi connectivity index (χ2v) is 12.1. The maximum Gasteiger partial charge on any atom is 0.255 e. The fourth-order valence-corrected chi connectivity index (χ4v) is 7.94. The van der Waals surface area contributed by atoms with Crippen LogP contribution in [0.15, 0.2) is 35.2 Å². The van der Waals surface area contributed by atoms with Gasteiger partial charge in [0.15, 0.2) is 27.3 Å². The topological polar surface area (TPSA) is 124 Å². The number of carbonyl (C=O) groups is 1. The van der Waals surface area contributed by atoms with E-state index in [1.54, 1.807) is 0 Å². The highest BCUT2D eigenvalue weighted by Gasteiger charge is 2.59. The molecule has 196 valence electrons. The quantitative estimate of drug-likeness (QED) is 0.411. The Labute approximate surface area is 210 Å². The second kappa shape index (κ2) is 9.60. The van der Waals surface area contributed by atoms with Gasteiger partial charge in [0.1, 0.15) is 6.10 Å². The van der Waals surface area contributed by atoms with Crippen molar-refractivity contribution in [2.75, 3.05) is 5.32 Å². The first-order valence-electron chi connectivity index (χ1n) is 11.3. The molecular formula is C24H25ClF3NO6S. The lowest BCUT2D eigenvalue weighted by molar-refractivity contribution is -0.172. The molecule has 7 nitrogen and oxygen atoms in total. The van der Waals surface area contributed by atoms with Gasteiger partial charge in [-0.25, -0.2) is 21.6 Å². The molecule has 2 aliphatic rings. The first kappa shape index (κ1) is 26.9. The van der Waals surface area contributed by atoms with E-state index in [0.29, 0.717) is 25.0 Å². The van der Waals surface area contributed by atoms with E-state index in [9.17, 15) is 41.7 Å². The van der Waals surface area contributed by atoms with Crippen LogP contribution < -0.4 is 5.32 Å². The fraction of sp³-hybridized carbons (Fsp3) is 0.458. The fourth-order valence-electron chi connectivity index (χ4n) is 5.54. The predicted molar refractivity (Wildman–Crippen MR) is 125 cm³/mol. The second-order valence-electron chi connectivity index (χ2n) is 9.54. The van der Waals surface area contributed by atoms with Crippen molar-refractivity contribution in [3.8, 4) is 0 Å². The molecule has 0 heterocycles. The van der Waals surface area contributed by atoms with Gasteiger partial charge in [-0.1, -0.05) is 11.6 Å². The Morgan fingerprint density at radius 2 is 1.64 bits per heavy atom. The lowest BCUT2D eigenvalue weighted by Crippen LogP contribution is -2.58. The van der Waals surface area contributed by atoms with E-state index >= 15 is 0 Å². The van der Waals surface area contributed by atoms with Crippen LogP contribution in [-0.4, -0.2) is 52.7 Å². The van der Waals surface area contributed by atoms with E-state index in [-0.39, 0.29) is 34.0 Å². The molecule has 2 aromatic rings. The van der Waals surface area contributed by atoms with Gasteiger partial charge in [-0.15, -0.1) is 0 Å². The number of aliphatic hydroxyl groups is 3. The van der Waals surface area contributed by atoms with Gasteiger partial charge in [0.05, 0.1) is 26.9 Å². The maximum atomic E-state index is 13.6. The van der Waals surface area contributed by atoms with Crippen LogP contribution in [0.2, 0.25) is 5.02 Å². The van der Waals surface area contributed by atoms with Gasteiger partial charge >= 0.3 is 0 Å². The van der Waals surface area contributed by atoms with Gasteiger partial charge < -0.3 is 20.6 Å². The summed E-state index contributed by atoms with van der Waals surface area (Å²) in [4.78, 5) is 12.3. The number of aliphatic hydroxyl groups excluding tert-OH is 2. The molecule has 0 aliphatic heterocycles. The molecule has 6 atom stereocenters. The van der Waals surface area contributed by atoms with Crippen LogP contribution in [0.1, 0.15) is 43.0 Å². The Kier molecular flexibility index (Phi) is 7.17. The number of fused-ring (bicyclic) bond motifs is 2. The first-order valence-corrected chi connectivity index (χ1v) is 13.3. The first-order chi connectivity index (χ1) is 16.8.